The summed E-state index contributed by atoms with van der Waals surface area (Å²) in [7, 11) is 0. The summed E-state index contributed by atoms with van der Waals surface area (Å²) in [5, 5.41) is 31.1. The molecule has 0 radical (unpaired) electrons. The molecule has 0 fully saturated rings. The topological polar surface area (TPSA) is 181 Å². The fourth-order valence-corrected chi connectivity index (χ4v) is 1.07. The Balaban J connectivity index is -0.000000180. The second-order valence-electron chi connectivity index (χ2n) is 1.93. The molecule has 0 rings (SSSR count). The maximum absolute atomic E-state index is 9.51. The van der Waals surface area contributed by atoms with Gasteiger partial charge in [0.05, 0.1) is 0 Å². The van der Waals surface area contributed by atoms with Crippen LogP contribution in [0.4, 0.5) is 19.2 Å². The predicted octanol–water partition coefficient (Wildman–Crippen LogP) is -0.731. The van der Waals surface area contributed by atoms with E-state index in [1.54, 1.807) is 0 Å². The van der Waals surface area contributed by atoms with Crippen LogP contribution in [0.15, 0.2) is 0 Å². The average molecular weight is 278 g/mol. The van der Waals surface area contributed by atoms with Crippen molar-refractivity contribution in [2.75, 3.05) is 0 Å². The molecule has 9 nitrogen and oxygen atoms in total. The molecule has 80 valence electrons. The van der Waals surface area contributed by atoms with Crippen molar-refractivity contribution in [3.63, 3.8) is 0 Å². The fourth-order valence-electron chi connectivity index (χ4n) is 0.259. The van der Waals surface area contributed by atoms with Crippen molar-refractivity contribution < 1.29 is 45.1 Å². The molecule has 0 aromatic heterocycles. The molecule has 0 bridgehead atoms. The number of carbonyl (C=O) groups is 4. The van der Waals surface area contributed by atoms with Gasteiger partial charge < -0.3 is 5.48 Å². The zero-order chi connectivity index (χ0) is 11.7. The Morgan fingerprint density at radius 1 is 0.600 bits per heavy atom. The standard InChI is InChI=1S/4CHO2.2Ca.H2O/c4*2-1-3;;;/h4*(H,2,3);;;1H2. The Morgan fingerprint density at radius 3 is 0.733 bits per heavy atom. The van der Waals surface area contributed by atoms with Gasteiger partial charge in [-0.2, -0.15) is 0 Å². The summed E-state index contributed by atoms with van der Waals surface area (Å²) in [6.45, 7) is 0. The second-order valence-corrected chi connectivity index (χ2v) is 6.81. The third-order valence-corrected chi connectivity index (χ3v) is 2.49. The van der Waals surface area contributed by atoms with Crippen molar-refractivity contribution in [2.45, 2.75) is 0 Å². The monoisotopic (exact) mass is 278 g/mol. The van der Waals surface area contributed by atoms with E-state index in [2.05, 4.69) is 0 Å². The fraction of sp³-hybridized carbons (Fsp3) is 0. The van der Waals surface area contributed by atoms with E-state index < -0.39 is 75.9 Å². The van der Waals surface area contributed by atoms with Crippen LogP contribution in [-0.4, -0.2) is 102 Å². The number of hydrogen-bond donors (Lipinski definition) is 4. The van der Waals surface area contributed by atoms with Gasteiger partial charge in [-0.25, -0.2) is 0 Å². The van der Waals surface area contributed by atoms with Crippen molar-refractivity contribution in [1.82, 2.24) is 0 Å². The van der Waals surface area contributed by atoms with Crippen molar-refractivity contribution in [3.05, 3.63) is 0 Å². The van der Waals surface area contributed by atoms with E-state index in [0.717, 1.165) is 0 Å². The second kappa shape index (κ2) is 12.4. The summed E-state index contributed by atoms with van der Waals surface area (Å²) < 4.78 is -4.50. The average Bonchev–Trinajstić information content (AvgIpc) is 1.79. The number of rotatable bonds is 4. The van der Waals surface area contributed by atoms with E-state index in [1.165, 1.54) is 0 Å². The molecule has 0 saturated heterocycles. The van der Waals surface area contributed by atoms with E-state index in [-0.39, 0.29) is 5.48 Å². The van der Waals surface area contributed by atoms with Gasteiger partial charge in [0, 0.05) is 0 Å². The van der Waals surface area contributed by atoms with Crippen LogP contribution >= 0.6 is 0 Å². The van der Waals surface area contributed by atoms with Gasteiger partial charge in [0.15, 0.2) is 0 Å². The zero-order valence-corrected chi connectivity index (χ0v) is 11.8. The molecular weight excluding hydrogens is 272 g/mol. The molecule has 0 amide bonds. The first-order valence-electron chi connectivity index (χ1n) is 3.13. The molecule has 0 saturated carbocycles. The molecule has 0 heterocycles. The minimum absolute atomic E-state index is 0. The Labute approximate surface area is 119 Å². The summed E-state index contributed by atoms with van der Waals surface area (Å²) >= 11 is -4.53. The molecule has 0 spiro atoms. The quantitative estimate of drug-likeness (QED) is 0.485. The predicted molar refractivity (Wildman–Crippen MR) is 47.2 cm³/mol. The van der Waals surface area contributed by atoms with Crippen molar-refractivity contribution in [1.29, 1.82) is 0 Å². The third-order valence-electron chi connectivity index (χ3n) is 0.605. The van der Waals surface area contributed by atoms with E-state index in [1.807, 2.05) is 0 Å². The summed E-state index contributed by atoms with van der Waals surface area (Å²) in [6, 6.07) is 0. The zero-order valence-electron chi connectivity index (χ0n) is 7.34. The normalized spacial score (nSPS) is 6.40. The molecule has 15 heavy (non-hydrogen) atoms. The summed E-state index contributed by atoms with van der Waals surface area (Å²) in [6.07, 6.45) is 0. The van der Waals surface area contributed by atoms with Gasteiger partial charge in [-0.15, -0.1) is 0 Å². The van der Waals surface area contributed by atoms with Gasteiger partial charge in [0.2, 0.25) is 0 Å². The molecule has 0 aliphatic heterocycles. The molecule has 0 aliphatic rings. The van der Waals surface area contributed by atoms with Crippen LogP contribution in [0.5, 0.6) is 0 Å². The Bertz CT molecular complexity index is 198. The molecule has 0 aromatic rings. The van der Waals surface area contributed by atoms with Crippen molar-refractivity contribution >= 4 is 75.9 Å². The van der Waals surface area contributed by atoms with Gasteiger partial charge >= 0.3 is 116 Å². The SMILES string of the molecule is O.O=[C](O)[Ca][C](=O)O.O=[C](O)[Ca][C](=O)O. The summed E-state index contributed by atoms with van der Waals surface area (Å²) in [5.41, 5.74) is 0. The molecule has 11 heteroatoms. The van der Waals surface area contributed by atoms with Crippen LogP contribution in [0.2, 0.25) is 0 Å². The minimum atomic E-state index is -2.26. The molecule has 0 unspecified atom stereocenters. The van der Waals surface area contributed by atoms with Crippen LogP contribution in [0.1, 0.15) is 0 Å². The molecule has 0 aromatic carbocycles. The van der Waals surface area contributed by atoms with Gasteiger partial charge in [-0.05, 0) is 0 Å². The summed E-state index contributed by atoms with van der Waals surface area (Å²) in [4.78, 5) is 38.0. The summed E-state index contributed by atoms with van der Waals surface area (Å²) in [5.74, 6) is 0. The van der Waals surface area contributed by atoms with Gasteiger partial charge in [0.25, 0.3) is 0 Å². The van der Waals surface area contributed by atoms with Crippen LogP contribution in [-0.2, 0) is 0 Å². The Kier molecular flexibility index (Phi) is 17.2. The molecule has 0 atom stereocenters. The van der Waals surface area contributed by atoms with Gasteiger partial charge in [0.1, 0.15) is 0 Å². The molecular formula is C4H6Ca2O9. The van der Waals surface area contributed by atoms with Crippen LogP contribution in [0.25, 0.3) is 0 Å². The number of hydrogen-bond acceptors (Lipinski definition) is 4. The Morgan fingerprint density at radius 2 is 0.733 bits per heavy atom. The van der Waals surface area contributed by atoms with Crippen molar-refractivity contribution in [3.8, 4) is 0 Å². The first-order valence-corrected chi connectivity index (χ1v) is 7.54. The van der Waals surface area contributed by atoms with E-state index >= 15 is 0 Å². The van der Waals surface area contributed by atoms with E-state index in [9.17, 15) is 19.2 Å². The van der Waals surface area contributed by atoms with Crippen LogP contribution in [0, 0.1) is 0 Å². The first kappa shape index (κ1) is 20.7. The first-order chi connectivity index (χ1) is 6.25. The van der Waals surface area contributed by atoms with Gasteiger partial charge in [-0.1, -0.05) is 0 Å². The number of carboxylic acid groups (broad SMARTS) is 4. The van der Waals surface area contributed by atoms with Crippen LogP contribution in [0.3, 0.4) is 0 Å². The molecule has 0 aliphatic carbocycles. The van der Waals surface area contributed by atoms with Crippen LogP contribution < -0.4 is 0 Å². The van der Waals surface area contributed by atoms with Crippen molar-refractivity contribution in [2.24, 2.45) is 0 Å². The third kappa shape index (κ3) is 31.4. The maximum atomic E-state index is 9.51. The molecule has 6 N–H and O–H groups in total. The van der Waals surface area contributed by atoms with Gasteiger partial charge in [-0.3, -0.25) is 0 Å². The Hall–Kier alpha value is 0.359. The van der Waals surface area contributed by atoms with E-state index in [4.69, 9.17) is 20.4 Å². The van der Waals surface area contributed by atoms with E-state index in [0.29, 0.717) is 0 Å².